The van der Waals surface area contributed by atoms with Crippen LogP contribution in [0, 0.1) is 10.1 Å². The number of carbonyl (C=O) groups excluding carboxylic acids is 2. The minimum Gasteiger partial charge on any atom is -0.462 e. The van der Waals surface area contributed by atoms with Gasteiger partial charge in [-0.2, -0.15) is 5.10 Å². The van der Waals surface area contributed by atoms with Crippen molar-refractivity contribution in [1.29, 1.82) is 0 Å². The molecule has 0 bridgehead atoms. The van der Waals surface area contributed by atoms with Crippen molar-refractivity contribution >= 4 is 29.2 Å². The van der Waals surface area contributed by atoms with Gasteiger partial charge >= 0.3 is 5.97 Å². The van der Waals surface area contributed by atoms with Gasteiger partial charge in [-0.3, -0.25) is 20.0 Å². The molecule has 120 valence electrons. The molecule has 1 aromatic carbocycles. The number of aromatic nitrogens is 2. The summed E-state index contributed by atoms with van der Waals surface area (Å²) in [5.74, 6) is -1.59. The zero-order valence-electron chi connectivity index (χ0n) is 12.0. The van der Waals surface area contributed by atoms with Crippen molar-refractivity contribution in [3.63, 3.8) is 0 Å². The summed E-state index contributed by atoms with van der Waals surface area (Å²) in [6.07, 6.45) is 0. The first-order valence-corrected chi connectivity index (χ1v) is 6.50. The Labute approximate surface area is 129 Å². The van der Waals surface area contributed by atoms with Crippen molar-refractivity contribution < 1.29 is 19.2 Å². The third kappa shape index (κ3) is 3.43. The highest BCUT2D eigenvalue weighted by atomic mass is 16.6. The van der Waals surface area contributed by atoms with Crippen LogP contribution in [0.5, 0.6) is 0 Å². The molecule has 4 N–H and O–H groups in total. The minimum absolute atomic E-state index is 0.0376. The number of nitro benzene ring substituents is 1. The van der Waals surface area contributed by atoms with E-state index in [1.807, 2.05) is 0 Å². The Morgan fingerprint density at radius 3 is 2.87 bits per heavy atom. The number of ether oxygens (including phenoxy) is 1. The Morgan fingerprint density at radius 1 is 1.48 bits per heavy atom. The second-order valence-electron chi connectivity index (χ2n) is 4.34. The van der Waals surface area contributed by atoms with Crippen LogP contribution in [0.3, 0.4) is 0 Å². The van der Waals surface area contributed by atoms with Crippen LogP contribution < -0.4 is 11.1 Å². The normalized spacial score (nSPS) is 10.1. The van der Waals surface area contributed by atoms with Gasteiger partial charge in [0.1, 0.15) is 11.4 Å². The quantitative estimate of drug-likeness (QED) is 0.426. The summed E-state index contributed by atoms with van der Waals surface area (Å²) < 4.78 is 4.83. The summed E-state index contributed by atoms with van der Waals surface area (Å²) in [5, 5.41) is 19.2. The summed E-state index contributed by atoms with van der Waals surface area (Å²) >= 11 is 0. The van der Waals surface area contributed by atoms with Gasteiger partial charge in [-0.05, 0) is 13.0 Å². The van der Waals surface area contributed by atoms with E-state index in [-0.39, 0.29) is 35.1 Å². The minimum atomic E-state index is -0.743. The second-order valence-corrected chi connectivity index (χ2v) is 4.34. The molecule has 10 nitrogen and oxygen atoms in total. The number of amides is 1. The van der Waals surface area contributed by atoms with Gasteiger partial charge in [0.25, 0.3) is 11.6 Å². The molecule has 0 saturated heterocycles. The van der Waals surface area contributed by atoms with E-state index in [0.29, 0.717) is 0 Å². The summed E-state index contributed by atoms with van der Waals surface area (Å²) in [5.41, 5.74) is 5.29. The lowest BCUT2D eigenvalue weighted by Gasteiger charge is -2.05. The largest absolute Gasteiger partial charge is 0.462 e. The molecular weight excluding hydrogens is 306 g/mol. The maximum Gasteiger partial charge on any atom is 0.345 e. The van der Waals surface area contributed by atoms with Crippen molar-refractivity contribution in [3.8, 4) is 0 Å². The van der Waals surface area contributed by atoms with Gasteiger partial charge in [0.2, 0.25) is 0 Å². The summed E-state index contributed by atoms with van der Waals surface area (Å²) in [6, 6.07) is 5.13. The molecule has 2 rings (SSSR count). The van der Waals surface area contributed by atoms with Crippen LogP contribution in [0.15, 0.2) is 24.3 Å². The molecule has 10 heteroatoms. The van der Waals surface area contributed by atoms with Gasteiger partial charge in [-0.25, -0.2) is 4.79 Å². The smallest absolute Gasteiger partial charge is 0.345 e. The summed E-state index contributed by atoms with van der Waals surface area (Å²) in [4.78, 5) is 34.1. The maximum absolute atomic E-state index is 12.2. The van der Waals surface area contributed by atoms with Crippen molar-refractivity contribution in [3.05, 3.63) is 45.5 Å². The van der Waals surface area contributed by atoms with Gasteiger partial charge in [0, 0.05) is 17.7 Å². The van der Waals surface area contributed by atoms with E-state index in [1.54, 1.807) is 6.92 Å². The predicted molar refractivity (Wildman–Crippen MR) is 80.0 cm³/mol. The molecule has 0 saturated carbocycles. The number of esters is 1. The number of hydrogen-bond acceptors (Lipinski definition) is 7. The molecule has 0 aliphatic rings. The van der Waals surface area contributed by atoms with Gasteiger partial charge in [-0.1, -0.05) is 6.07 Å². The number of nitrogen functional groups attached to an aromatic ring is 1. The van der Waals surface area contributed by atoms with E-state index in [1.165, 1.54) is 18.2 Å². The first-order chi connectivity index (χ1) is 10.9. The molecule has 0 unspecified atom stereocenters. The lowest BCUT2D eigenvalue weighted by atomic mass is 10.2. The lowest BCUT2D eigenvalue weighted by molar-refractivity contribution is -0.384. The number of non-ortho nitro benzene ring substituents is 1. The molecule has 0 fully saturated rings. The molecule has 0 aliphatic carbocycles. The third-order valence-corrected chi connectivity index (χ3v) is 2.82. The van der Waals surface area contributed by atoms with Crippen LogP contribution in [-0.4, -0.2) is 33.6 Å². The fraction of sp³-hybridized carbons (Fsp3) is 0.154. The van der Waals surface area contributed by atoms with Crippen molar-refractivity contribution in [2.45, 2.75) is 6.92 Å². The summed E-state index contributed by atoms with van der Waals surface area (Å²) in [7, 11) is 0. The van der Waals surface area contributed by atoms with Crippen molar-refractivity contribution in [2.75, 3.05) is 17.7 Å². The predicted octanol–water partition coefficient (Wildman–Crippen LogP) is 1.33. The Bertz CT molecular complexity index is 770. The number of nitro groups is 1. The number of nitrogens with zero attached hydrogens (tertiary/aromatic N) is 2. The molecule has 0 atom stereocenters. The average Bonchev–Trinajstić information content (AvgIpc) is 2.88. The van der Waals surface area contributed by atoms with Crippen LogP contribution in [-0.2, 0) is 4.74 Å². The number of nitrogens with one attached hydrogen (secondary N) is 2. The monoisotopic (exact) mass is 319 g/mol. The summed E-state index contributed by atoms with van der Waals surface area (Å²) in [6.45, 7) is 1.75. The van der Waals surface area contributed by atoms with Crippen LogP contribution in [0.1, 0.15) is 27.6 Å². The maximum atomic E-state index is 12.2. The lowest BCUT2D eigenvalue weighted by Crippen LogP contribution is -2.16. The first-order valence-electron chi connectivity index (χ1n) is 6.50. The number of benzene rings is 1. The molecule has 0 radical (unpaired) electrons. The Kier molecular flexibility index (Phi) is 4.55. The van der Waals surface area contributed by atoms with E-state index < -0.39 is 16.8 Å². The van der Waals surface area contributed by atoms with Crippen LogP contribution in [0.2, 0.25) is 0 Å². The highest BCUT2D eigenvalue weighted by molar-refractivity contribution is 6.08. The zero-order valence-corrected chi connectivity index (χ0v) is 12.0. The molecule has 23 heavy (non-hydrogen) atoms. The van der Waals surface area contributed by atoms with Crippen molar-refractivity contribution in [2.24, 2.45) is 0 Å². The highest BCUT2D eigenvalue weighted by Gasteiger charge is 2.22. The van der Waals surface area contributed by atoms with Crippen LogP contribution in [0.4, 0.5) is 17.3 Å². The topological polar surface area (TPSA) is 153 Å². The fourth-order valence-corrected chi connectivity index (χ4v) is 1.80. The molecular formula is C13H13N5O5. The molecule has 1 aromatic heterocycles. The molecule has 1 heterocycles. The Hall–Kier alpha value is -3.43. The van der Waals surface area contributed by atoms with Gasteiger partial charge in [0.05, 0.1) is 11.5 Å². The van der Waals surface area contributed by atoms with Crippen LogP contribution in [0.25, 0.3) is 0 Å². The molecule has 0 aliphatic heterocycles. The standard InChI is InChI=1S/C13H13N5O5/c1-2-23-13(20)9-10(14)16-17-11(9)15-12(19)7-4-3-5-8(6-7)18(21)22/h3-6H,2H2,1H3,(H4,14,15,16,17,19). The zero-order chi connectivity index (χ0) is 17.0. The average molecular weight is 319 g/mol. The first kappa shape index (κ1) is 15.9. The second kappa shape index (κ2) is 6.56. The number of carbonyl (C=O) groups is 2. The van der Waals surface area contributed by atoms with E-state index in [4.69, 9.17) is 10.5 Å². The highest BCUT2D eigenvalue weighted by Crippen LogP contribution is 2.21. The van der Waals surface area contributed by atoms with E-state index >= 15 is 0 Å². The third-order valence-electron chi connectivity index (χ3n) is 2.82. The Balaban J connectivity index is 2.26. The van der Waals surface area contributed by atoms with Gasteiger partial charge < -0.3 is 15.8 Å². The fourth-order valence-electron chi connectivity index (χ4n) is 1.80. The Morgan fingerprint density at radius 2 is 2.22 bits per heavy atom. The van der Waals surface area contributed by atoms with Gasteiger partial charge in [-0.15, -0.1) is 0 Å². The number of hydrogen-bond donors (Lipinski definition) is 3. The van der Waals surface area contributed by atoms with E-state index in [0.717, 1.165) is 6.07 Å². The van der Waals surface area contributed by atoms with E-state index in [9.17, 15) is 19.7 Å². The molecule has 0 spiro atoms. The number of anilines is 2. The van der Waals surface area contributed by atoms with Gasteiger partial charge in [0.15, 0.2) is 5.82 Å². The molecule has 1 amide bonds. The van der Waals surface area contributed by atoms with E-state index in [2.05, 4.69) is 15.5 Å². The number of H-pyrrole nitrogens is 1. The number of nitrogens with two attached hydrogens (primary N) is 1. The number of aromatic amines is 1. The van der Waals surface area contributed by atoms with Crippen molar-refractivity contribution in [1.82, 2.24) is 10.2 Å². The number of rotatable bonds is 5. The SMILES string of the molecule is CCOC(=O)c1c(NC(=O)c2cccc([N+](=O)[O-])c2)n[nH]c1N. The molecule has 2 aromatic rings. The van der Waals surface area contributed by atoms with Crippen LogP contribution >= 0.6 is 0 Å².